The molecule has 0 aliphatic rings. The van der Waals surface area contributed by atoms with Crippen LogP contribution in [0.4, 0.5) is 0 Å². The lowest BCUT2D eigenvalue weighted by Gasteiger charge is -2.11. The van der Waals surface area contributed by atoms with Crippen LogP contribution in [0.2, 0.25) is 10.0 Å². The van der Waals surface area contributed by atoms with Gasteiger partial charge in [0.1, 0.15) is 17.0 Å². The van der Waals surface area contributed by atoms with Crippen molar-refractivity contribution in [1.29, 1.82) is 0 Å². The molecular formula is C10H10Cl2N4O3S. The van der Waals surface area contributed by atoms with Crippen molar-refractivity contribution in [2.45, 2.75) is 18.0 Å². The van der Waals surface area contributed by atoms with E-state index in [-0.39, 0.29) is 27.0 Å². The second-order valence-corrected chi connectivity index (χ2v) is 6.27. The summed E-state index contributed by atoms with van der Waals surface area (Å²) in [5.74, 6) is 0.362. The van der Waals surface area contributed by atoms with Gasteiger partial charge in [0.05, 0.1) is 18.2 Å². The highest BCUT2D eigenvalue weighted by Crippen LogP contribution is 2.30. The maximum atomic E-state index is 12.1. The Morgan fingerprint density at radius 2 is 2.10 bits per heavy atom. The number of hydrogen-bond donors (Lipinski definition) is 3. The largest absolute Gasteiger partial charge is 0.392 e. The Balaban J connectivity index is 2.30. The van der Waals surface area contributed by atoms with Crippen LogP contribution in [0.5, 0.6) is 0 Å². The summed E-state index contributed by atoms with van der Waals surface area (Å²) in [4.78, 5) is 3.64. The second-order valence-electron chi connectivity index (χ2n) is 3.75. The van der Waals surface area contributed by atoms with Crippen LogP contribution in [-0.4, -0.2) is 28.7 Å². The van der Waals surface area contributed by atoms with Gasteiger partial charge >= 0.3 is 0 Å². The Labute approximate surface area is 125 Å². The minimum atomic E-state index is -3.86. The fraction of sp³-hybridized carbons (Fsp3) is 0.200. The zero-order valence-corrected chi connectivity index (χ0v) is 12.3. The lowest BCUT2D eigenvalue weighted by molar-refractivity contribution is 0.281. The normalized spacial score (nSPS) is 11.8. The fourth-order valence-electron chi connectivity index (χ4n) is 1.49. The molecule has 0 bridgehead atoms. The third-order valence-corrected chi connectivity index (χ3v) is 4.83. The van der Waals surface area contributed by atoms with Gasteiger partial charge in [0.25, 0.3) is 0 Å². The maximum Gasteiger partial charge on any atom is 0.242 e. The van der Waals surface area contributed by atoms with Crippen LogP contribution < -0.4 is 4.72 Å². The molecule has 10 heteroatoms. The first kappa shape index (κ1) is 15.2. The Morgan fingerprint density at radius 1 is 1.35 bits per heavy atom. The molecule has 0 aliphatic carbocycles. The van der Waals surface area contributed by atoms with Crippen molar-refractivity contribution in [1.82, 2.24) is 19.9 Å². The monoisotopic (exact) mass is 336 g/mol. The first-order valence-electron chi connectivity index (χ1n) is 5.37. The number of rotatable bonds is 5. The predicted molar refractivity (Wildman–Crippen MR) is 72.8 cm³/mol. The van der Waals surface area contributed by atoms with E-state index in [1.807, 2.05) is 0 Å². The van der Waals surface area contributed by atoms with E-state index in [9.17, 15) is 8.42 Å². The van der Waals surface area contributed by atoms with Crippen LogP contribution in [0.3, 0.4) is 0 Å². The molecule has 2 rings (SSSR count). The van der Waals surface area contributed by atoms with Gasteiger partial charge in [0.2, 0.25) is 10.0 Å². The molecule has 0 saturated carbocycles. The smallest absolute Gasteiger partial charge is 0.242 e. The van der Waals surface area contributed by atoms with Crippen molar-refractivity contribution < 1.29 is 13.5 Å². The topological polar surface area (TPSA) is 108 Å². The van der Waals surface area contributed by atoms with Crippen molar-refractivity contribution in [2.24, 2.45) is 0 Å². The first-order valence-corrected chi connectivity index (χ1v) is 7.61. The van der Waals surface area contributed by atoms with Gasteiger partial charge in [-0.2, -0.15) is 5.10 Å². The molecule has 7 nitrogen and oxygen atoms in total. The molecule has 1 aromatic heterocycles. The highest BCUT2D eigenvalue weighted by atomic mass is 35.5. The third-order valence-electron chi connectivity index (χ3n) is 2.49. The standard InChI is InChI=1S/C10H10Cl2N4O3S/c11-7-1-2-8(10(12)6(7)4-17)20(18,19)15-3-9-13-5-14-16-9/h1-2,5,15,17H,3-4H2,(H,13,14,16). The van der Waals surface area contributed by atoms with Crippen LogP contribution in [0.25, 0.3) is 0 Å². The zero-order chi connectivity index (χ0) is 14.8. The predicted octanol–water partition coefficient (Wildman–Crippen LogP) is 1.08. The van der Waals surface area contributed by atoms with Gasteiger partial charge in [0, 0.05) is 10.6 Å². The van der Waals surface area contributed by atoms with E-state index in [0.717, 1.165) is 0 Å². The summed E-state index contributed by atoms with van der Waals surface area (Å²) in [6.07, 6.45) is 1.27. The molecule has 0 spiro atoms. The minimum Gasteiger partial charge on any atom is -0.392 e. The lowest BCUT2D eigenvalue weighted by Crippen LogP contribution is -2.24. The number of aromatic nitrogens is 3. The summed E-state index contributed by atoms with van der Waals surface area (Å²) in [5, 5.41) is 15.4. The molecule has 0 atom stereocenters. The molecule has 0 saturated heterocycles. The summed E-state index contributed by atoms with van der Waals surface area (Å²) in [6, 6.07) is 2.63. The summed E-state index contributed by atoms with van der Waals surface area (Å²) in [7, 11) is -3.86. The molecule has 108 valence electrons. The van der Waals surface area contributed by atoms with Crippen LogP contribution in [0.1, 0.15) is 11.4 Å². The second kappa shape index (κ2) is 6.06. The van der Waals surface area contributed by atoms with Crippen LogP contribution in [-0.2, 0) is 23.2 Å². The summed E-state index contributed by atoms with van der Waals surface area (Å²) < 4.78 is 26.6. The van der Waals surface area contributed by atoms with Crippen LogP contribution in [0, 0.1) is 0 Å². The van der Waals surface area contributed by atoms with Crippen LogP contribution in [0.15, 0.2) is 23.4 Å². The van der Waals surface area contributed by atoms with Gasteiger partial charge in [-0.05, 0) is 12.1 Å². The highest BCUT2D eigenvalue weighted by molar-refractivity contribution is 7.89. The molecule has 1 heterocycles. The number of hydrogen-bond acceptors (Lipinski definition) is 5. The van der Waals surface area contributed by atoms with Crippen molar-refractivity contribution in [3.05, 3.63) is 39.9 Å². The summed E-state index contributed by atoms with van der Waals surface area (Å²) in [6.45, 7) is -0.515. The number of H-pyrrole nitrogens is 1. The SMILES string of the molecule is O=S(=O)(NCc1ncn[nH]1)c1ccc(Cl)c(CO)c1Cl. The number of aliphatic hydroxyl groups is 1. The number of aromatic amines is 1. The summed E-state index contributed by atoms with van der Waals surface area (Å²) >= 11 is 11.8. The number of aliphatic hydroxyl groups excluding tert-OH is 1. The molecular weight excluding hydrogens is 327 g/mol. The van der Waals surface area contributed by atoms with E-state index in [1.54, 1.807) is 0 Å². The van der Waals surface area contributed by atoms with Gasteiger partial charge in [-0.15, -0.1) is 0 Å². The van der Waals surface area contributed by atoms with E-state index in [4.69, 9.17) is 28.3 Å². The minimum absolute atomic E-state index is 0.0598. The van der Waals surface area contributed by atoms with Gasteiger partial charge < -0.3 is 5.11 Å². The quantitative estimate of drug-likeness (QED) is 0.757. The number of nitrogens with one attached hydrogen (secondary N) is 2. The third kappa shape index (κ3) is 3.10. The van der Waals surface area contributed by atoms with Crippen molar-refractivity contribution >= 4 is 33.2 Å². The van der Waals surface area contributed by atoms with Gasteiger partial charge in [0.15, 0.2) is 0 Å². The molecule has 0 unspecified atom stereocenters. The molecule has 2 aromatic rings. The average molecular weight is 337 g/mol. The Hall–Kier alpha value is -1.19. The van der Waals surface area contributed by atoms with Crippen molar-refractivity contribution in [3.63, 3.8) is 0 Å². The van der Waals surface area contributed by atoms with E-state index < -0.39 is 16.6 Å². The number of halogens is 2. The van der Waals surface area contributed by atoms with Crippen molar-refractivity contribution in [3.8, 4) is 0 Å². The number of nitrogens with zero attached hydrogens (tertiary/aromatic N) is 2. The zero-order valence-electron chi connectivity index (χ0n) is 9.97. The van der Waals surface area contributed by atoms with Gasteiger partial charge in [-0.1, -0.05) is 23.2 Å². The molecule has 0 aliphatic heterocycles. The number of sulfonamides is 1. The van der Waals surface area contributed by atoms with E-state index in [2.05, 4.69) is 19.9 Å². The Kier molecular flexibility index (Phi) is 4.61. The Morgan fingerprint density at radius 3 is 2.70 bits per heavy atom. The molecule has 3 N–H and O–H groups in total. The Bertz CT molecular complexity index is 704. The summed E-state index contributed by atoms with van der Waals surface area (Å²) in [5.41, 5.74) is 0.163. The first-order chi connectivity index (χ1) is 9.45. The van der Waals surface area contributed by atoms with E-state index in [0.29, 0.717) is 5.82 Å². The molecule has 1 aromatic carbocycles. The number of benzene rings is 1. The van der Waals surface area contributed by atoms with Gasteiger partial charge in [-0.3, -0.25) is 5.10 Å². The maximum absolute atomic E-state index is 12.1. The average Bonchev–Trinajstić information content (AvgIpc) is 2.90. The van der Waals surface area contributed by atoms with E-state index in [1.165, 1.54) is 18.5 Å². The molecule has 0 radical (unpaired) electrons. The van der Waals surface area contributed by atoms with Crippen LogP contribution >= 0.6 is 23.2 Å². The van der Waals surface area contributed by atoms with Crippen molar-refractivity contribution in [2.75, 3.05) is 0 Å². The molecule has 20 heavy (non-hydrogen) atoms. The lowest BCUT2D eigenvalue weighted by atomic mass is 10.2. The highest BCUT2D eigenvalue weighted by Gasteiger charge is 2.21. The van der Waals surface area contributed by atoms with E-state index >= 15 is 0 Å². The van der Waals surface area contributed by atoms with Gasteiger partial charge in [-0.25, -0.2) is 18.1 Å². The fourth-order valence-corrected chi connectivity index (χ4v) is 3.37. The molecule has 0 fully saturated rings. The molecule has 0 amide bonds.